The maximum atomic E-state index is 4.38. The van der Waals surface area contributed by atoms with Crippen LogP contribution in [0.5, 0.6) is 0 Å². The van der Waals surface area contributed by atoms with Crippen LogP contribution < -0.4 is 0 Å². The molecule has 1 rings (SSSR count). The van der Waals surface area contributed by atoms with Gasteiger partial charge in [0, 0.05) is 19.4 Å². The maximum absolute atomic E-state index is 4.38. The first-order chi connectivity index (χ1) is 5.15. The highest BCUT2D eigenvalue weighted by Gasteiger charge is 2.07. The summed E-state index contributed by atoms with van der Waals surface area (Å²) < 4.78 is 1.86. The zero-order valence-electron chi connectivity index (χ0n) is 7.63. The molecule has 11 heavy (non-hydrogen) atoms. The molecule has 0 aliphatic rings. The first-order valence-electron chi connectivity index (χ1n) is 4.05. The molecule has 0 saturated carbocycles. The molecule has 0 aromatic carbocycles. The van der Waals surface area contributed by atoms with Gasteiger partial charge in [0.1, 0.15) is 5.82 Å². The number of nitrogens with zero attached hydrogens (tertiary/aromatic N) is 3. The van der Waals surface area contributed by atoms with Crippen LogP contribution in [0.2, 0.25) is 0 Å². The fourth-order valence-electron chi connectivity index (χ4n) is 0.991. The number of rotatable bonds is 2. The van der Waals surface area contributed by atoms with Crippen LogP contribution in [0, 0.1) is 0 Å². The van der Waals surface area contributed by atoms with Gasteiger partial charge in [0.15, 0.2) is 5.82 Å². The average Bonchev–Trinajstić information content (AvgIpc) is 2.31. The van der Waals surface area contributed by atoms with Gasteiger partial charge in [-0.1, -0.05) is 20.8 Å². The lowest BCUT2D eigenvalue weighted by Crippen LogP contribution is -1.97. The van der Waals surface area contributed by atoms with Gasteiger partial charge in [0.05, 0.1) is 0 Å². The molecule has 0 atom stereocenters. The third-order valence-electron chi connectivity index (χ3n) is 1.70. The summed E-state index contributed by atoms with van der Waals surface area (Å²) in [4.78, 5) is 4.38. The smallest absolute Gasteiger partial charge is 0.153 e. The van der Waals surface area contributed by atoms with Gasteiger partial charge in [-0.25, -0.2) is 4.98 Å². The molecule has 0 saturated heterocycles. The zero-order chi connectivity index (χ0) is 8.43. The Morgan fingerprint density at radius 3 is 2.36 bits per heavy atom. The van der Waals surface area contributed by atoms with E-state index in [4.69, 9.17) is 0 Å². The molecule has 0 spiro atoms. The van der Waals surface area contributed by atoms with E-state index in [2.05, 4.69) is 30.9 Å². The predicted octanol–water partition coefficient (Wildman–Crippen LogP) is 1.50. The number of aryl methyl sites for hydroxylation is 2. The van der Waals surface area contributed by atoms with Gasteiger partial charge in [0.25, 0.3) is 0 Å². The topological polar surface area (TPSA) is 30.7 Å². The van der Waals surface area contributed by atoms with Crippen LogP contribution in [0.15, 0.2) is 0 Å². The lowest BCUT2D eigenvalue weighted by Gasteiger charge is -1.93. The van der Waals surface area contributed by atoms with E-state index in [1.807, 2.05) is 11.7 Å². The second-order valence-electron chi connectivity index (χ2n) is 3.02. The SMILES string of the molecule is CCc1nc(C(C)C)nn1C. The Morgan fingerprint density at radius 1 is 1.45 bits per heavy atom. The summed E-state index contributed by atoms with van der Waals surface area (Å²) in [5.41, 5.74) is 0. The van der Waals surface area contributed by atoms with Crippen LogP contribution in [0.1, 0.15) is 38.3 Å². The molecular formula is C8H15N3. The molecule has 0 aliphatic heterocycles. The van der Waals surface area contributed by atoms with Crippen LogP contribution in [0.3, 0.4) is 0 Å². The van der Waals surface area contributed by atoms with Crippen molar-refractivity contribution < 1.29 is 0 Å². The van der Waals surface area contributed by atoms with Crippen molar-refractivity contribution in [2.24, 2.45) is 7.05 Å². The highest BCUT2D eigenvalue weighted by Crippen LogP contribution is 2.08. The molecule has 0 bridgehead atoms. The Morgan fingerprint density at radius 2 is 2.09 bits per heavy atom. The molecule has 3 heteroatoms. The van der Waals surface area contributed by atoms with Gasteiger partial charge in [-0.15, -0.1) is 0 Å². The van der Waals surface area contributed by atoms with E-state index in [9.17, 15) is 0 Å². The van der Waals surface area contributed by atoms with Gasteiger partial charge < -0.3 is 0 Å². The lowest BCUT2D eigenvalue weighted by molar-refractivity contribution is 0.685. The normalized spacial score (nSPS) is 11.0. The van der Waals surface area contributed by atoms with Gasteiger partial charge >= 0.3 is 0 Å². The predicted molar refractivity (Wildman–Crippen MR) is 44.5 cm³/mol. The molecule has 0 unspecified atom stereocenters. The van der Waals surface area contributed by atoms with Crippen LogP contribution in [0.4, 0.5) is 0 Å². The van der Waals surface area contributed by atoms with E-state index in [0.29, 0.717) is 5.92 Å². The fraction of sp³-hybridized carbons (Fsp3) is 0.750. The summed E-state index contributed by atoms with van der Waals surface area (Å²) in [6.07, 6.45) is 0.955. The molecule has 0 amide bonds. The molecule has 0 N–H and O–H groups in total. The standard InChI is InChI=1S/C8H15N3/c1-5-7-9-8(6(2)3)10-11(7)4/h6H,5H2,1-4H3. The minimum atomic E-state index is 0.432. The van der Waals surface area contributed by atoms with E-state index in [-0.39, 0.29) is 0 Å². The Labute approximate surface area is 67.4 Å². The molecule has 0 aliphatic carbocycles. The second kappa shape index (κ2) is 3.03. The highest BCUT2D eigenvalue weighted by molar-refractivity contribution is 4.96. The van der Waals surface area contributed by atoms with Crippen molar-refractivity contribution in [2.75, 3.05) is 0 Å². The fourth-order valence-corrected chi connectivity index (χ4v) is 0.991. The van der Waals surface area contributed by atoms with Crippen molar-refractivity contribution in [1.29, 1.82) is 0 Å². The summed E-state index contributed by atoms with van der Waals surface area (Å²) in [7, 11) is 1.94. The van der Waals surface area contributed by atoms with Crippen LogP contribution in [0.25, 0.3) is 0 Å². The number of aromatic nitrogens is 3. The summed E-state index contributed by atoms with van der Waals surface area (Å²) >= 11 is 0. The van der Waals surface area contributed by atoms with E-state index >= 15 is 0 Å². The van der Waals surface area contributed by atoms with Gasteiger partial charge in [-0.2, -0.15) is 5.10 Å². The van der Waals surface area contributed by atoms with Crippen molar-refractivity contribution in [3.05, 3.63) is 11.6 Å². The Balaban J connectivity index is 2.95. The molecule has 0 radical (unpaired) electrons. The minimum Gasteiger partial charge on any atom is -0.253 e. The van der Waals surface area contributed by atoms with E-state index in [1.54, 1.807) is 0 Å². The second-order valence-corrected chi connectivity index (χ2v) is 3.02. The monoisotopic (exact) mass is 153 g/mol. The summed E-state index contributed by atoms with van der Waals surface area (Å²) in [5, 5.41) is 4.29. The third-order valence-corrected chi connectivity index (χ3v) is 1.70. The Hall–Kier alpha value is -0.860. The number of hydrogen-bond acceptors (Lipinski definition) is 2. The van der Waals surface area contributed by atoms with Crippen molar-refractivity contribution in [1.82, 2.24) is 14.8 Å². The van der Waals surface area contributed by atoms with Crippen molar-refractivity contribution >= 4 is 0 Å². The molecular weight excluding hydrogens is 138 g/mol. The molecule has 1 aromatic heterocycles. The summed E-state index contributed by atoms with van der Waals surface area (Å²) in [6.45, 7) is 6.30. The van der Waals surface area contributed by atoms with Gasteiger partial charge in [-0.05, 0) is 0 Å². The van der Waals surface area contributed by atoms with Crippen molar-refractivity contribution in [3.8, 4) is 0 Å². The lowest BCUT2D eigenvalue weighted by atomic mass is 10.2. The van der Waals surface area contributed by atoms with Crippen LogP contribution in [-0.4, -0.2) is 14.8 Å². The first-order valence-corrected chi connectivity index (χ1v) is 4.05. The Kier molecular flexibility index (Phi) is 2.27. The largest absolute Gasteiger partial charge is 0.253 e. The highest BCUT2D eigenvalue weighted by atomic mass is 15.3. The van der Waals surface area contributed by atoms with Gasteiger partial charge in [0.2, 0.25) is 0 Å². The molecule has 0 fully saturated rings. The average molecular weight is 153 g/mol. The summed E-state index contributed by atoms with van der Waals surface area (Å²) in [6, 6.07) is 0. The van der Waals surface area contributed by atoms with E-state index in [1.165, 1.54) is 0 Å². The molecule has 3 nitrogen and oxygen atoms in total. The quantitative estimate of drug-likeness (QED) is 0.644. The van der Waals surface area contributed by atoms with Gasteiger partial charge in [-0.3, -0.25) is 4.68 Å². The van der Waals surface area contributed by atoms with Crippen molar-refractivity contribution in [2.45, 2.75) is 33.1 Å². The van der Waals surface area contributed by atoms with Crippen molar-refractivity contribution in [3.63, 3.8) is 0 Å². The van der Waals surface area contributed by atoms with E-state index in [0.717, 1.165) is 18.1 Å². The number of hydrogen-bond donors (Lipinski definition) is 0. The molecule has 1 aromatic rings. The molecule has 1 heterocycles. The summed E-state index contributed by atoms with van der Waals surface area (Å²) in [5.74, 6) is 2.44. The first kappa shape index (κ1) is 8.24. The zero-order valence-corrected chi connectivity index (χ0v) is 7.63. The third kappa shape index (κ3) is 1.59. The minimum absolute atomic E-state index is 0.432. The molecule has 62 valence electrons. The van der Waals surface area contributed by atoms with Crippen LogP contribution >= 0.6 is 0 Å². The van der Waals surface area contributed by atoms with E-state index < -0.39 is 0 Å². The Bertz CT molecular complexity index is 237. The van der Waals surface area contributed by atoms with Crippen LogP contribution in [-0.2, 0) is 13.5 Å². The maximum Gasteiger partial charge on any atom is 0.153 e.